The molecule has 0 amide bonds. The third kappa shape index (κ3) is 2.11. The number of hydrogen-bond acceptors (Lipinski definition) is 3. The molecule has 0 atom stereocenters. The van der Waals surface area contributed by atoms with E-state index in [0.29, 0.717) is 5.56 Å². The van der Waals surface area contributed by atoms with Crippen LogP contribution in [0.2, 0.25) is 5.02 Å². The van der Waals surface area contributed by atoms with Crippen molar-refractivity contribution < 1.29 is 4.39 Å². The second-order valence-corrected chi connectivity index (χ2v) is 4.04. The van der Waals surface area contributed by atoms with E-state index < -0.39 is 11.5 Å². The van der Waals surface area contributed by atoms with E-state index in [2.05, 4.69) is 4.98 Å². The average molecular weight is 264 g/mol. The predicted octanol–water partition coefficient (Wildman–Crippen LogP) is 2.11. The summed E-state index contributed by atoms with van der Waals surface area (Å²) >= 11 is 5.66. The van der Waals surface area contributed by atoms with Crippen LogP contribution in [-0.4, -0.2) is 9.55 Å². The van der Waals surface area contributed by atoms with Crippen LogP contribution in [0.5, 0.6) is 0 Å². The van der Waals surface area contributed by atoms with Gasteiger partial charge in [-0.1, -0.05) is 11.6 Å². The van der Waals surface area contributed by atoms with E-state index in [0.717, 1.165) is 6.07 Å². The van der Waals surface area contributed by atoms with Gasteiger partial charge in [-0.2, -0.15) is 10.2 Å². The molecule has 0 fully saturated rings. The van der Waals surface area contributed by atoms with Gasteiger partial charge < -0.3 is 4.57 Å². The number of halogens is 2. The van der Waals surface area contributed by atoms with Crippen molar-refractivity contribution in [2.24, 2.45) is 7.05 Å². The Morgan fingerprint density at radius 1 is 1.50 bits per heavy atom. The van der Waals surface area contributed by atoms with Crippen LogP contribution < -0.4 is 5.69 Å². The van der Waals surface area contributed by atoms with Gasteiger partial charge in [-0.3, -0.25) is 0 Å². The highest BCUT2D eigenvalue weighted by molar-refractivity contribution is 6.31. The van der Waals surface area contributed by atoms with Gasteiger partial charge in [-0.15, -0.1) is 0 Å². The first-order valence-electron chi connectivity index (χ1n) is 4.96. The van der Waals surface area contributed by atoms with Crippen molar-refractivity contribution >= 4 is 11.6 Å². The Bertz CT molecular complexity index is 718. The minimum atomic E-state index is -0.567. The first-order chi connectivity index (χ1) is 8.52. The molecule has 18 heavy (non-hydrogen) atoms. The second kappa shape index (κ2) is 4.59. The van der Waals surface area contributed by atoms with Crippen LogP contribution in [0, 0.1) is 17.1 Å². The third-order valence-electron chi connectivity index (χ3n) is 2.40. The molecule has 6 heteroatoms. The van der Waals surface area contributed by atoms with Crippen molar-refractivity contribution in [3.63, 3.8) is 0 Å². The SMILES string of the molecule is Cn1cc(C#N)c(-c2ccc(F)c(Cl)c2)nc1=O. The molecule has 0 saturated heterocycles. The smallest absolute Gasteiger partial charge is 0.301 e. The number of aromatic nitrogens is 2. The van der Waals surface area contributed by atoms with Gasteiger partial charge in [0.15, 0.2) is 0 Å². The summed E-state index contributed by atoms with van der Waals surface area (Å²) in [6, 6.07) is 5.86. The molecular formula is C12H7ClFN3O. The Morgan fingerprint density at radius 2 is 2.22 bits per heavy atom. The van der Waals surface area contributed by atoms with Gasteiger partial charge in [0.1, 0.15) is 11.9 Å². The average Bonchev–Trinajstić information content (AvgIpc) is 2.35. The monoisotopic (exact) mass is 263 g/mol. The van der Waals surface area contributed by atoms with E-state index in [-0.39, 0.29) is 16.3 Å². The van der Waals surface area contributed by atoms with Crippen LogP contribution in [0.25, 0.3) is 11.3 Å². The fraction of sp³-hybridized carbons (Fsp3) is 0.0833. The number of benzene rings is 1. The zero-order valence-corrected chi connectivity index (χ0v) is 10.1. The Labute approximate surface area is 107 Å². The van der Waals surface area contributed by atoms with Crippen molar-refractivity contribution in [3.8, 4) is 17.3 Å². The maximum atomic E-state index is 13.1. The fourth-order valence-electron chi connectivity index (χ4n) is 1.49. The van der Waals surface area contributed by atoms with E-state index in [1.807, 2.05) is 6.07 Å². The Balaban J connectivity index is 2.71. The summed E-state index contributed by atoms with van der Waals surface area (Å²) < 4.78 is 14.3. The van der Waals surface area contributed by atoms with Crippen molar-refractivity contribution in [1.82, 2.24) is 9.55 Å². The standard InChI is InChI=1S/C12H7ClFN3O/c1-17-6-8(5-15)11(16-12(17)18)7-2-3-10(14)9(13)4-7/h2-4,6H,1H3. The number of rotatable bonds is 1. The summed E-state index contributed by atoms with van der Waals surface area (Å²) in [6.45, 7) is 0. The molecule has 2 rings (SSSR count). The lowest BCUT2D eigenvalue weighted by Gasteiger charge is -2.05. The molecule has 0 spiro atoms. The van der Waals surface area contributed by atoms with E-state index in [9.17, 15) is 9.18 Å². The quantitative estimate of drug-likeness (QED) is 0.792. The zero-order valence-electron chi connectivity index (χ0n) is 9.32. The van der Waals surface area contributed by atoms with Gasteiger partial charge in [0.05, 0.1) is 16.3 Å². The molecule has 90 valence electrons. The first-order valence-corrected chi connectivity index (χ1v) is 5.34. The van der Waals surface area contributed by atoms with Crippen molar-refractivity contribution in [3.05, 3.63) is 51.3 Å². The highest BCUT2D eigenvalue weighted by Gasteiger charge is 2.11. The molecule has 1 aromatic carbocycles. The van der Waals surface area contributed by atoms with Gasteiger partial charge in [-0.05, 0) is 18.2 Å². The molecule has 0 unspecified atom stereocenters. The van der Waals surface area contributed by atoms with Crippen LogP contribution >= 0.6 is 11.6 Å². The molecule has 1 heterocycles. The topological polar surface area (TPSA) is 58.7 Å². The largest absolute Gasteiger partial charge is 0.347 e. The maximum absolute atomic E-state index is 13.1. The molecule has 0 aliphatic carbocycles. The second-order valence-electron chi connectivity index (χ2n) is 3.64. The predicted molar refractivity (Wildman–Crippen MR) is 64.6 cm³/mol. The van der Waals surface area contributed by atoms with Crippen molar-refractivity contribution in [1.29, 1.82) is 5.26 Å². The van der Waals surface area contributed by atoms with E-state index in [4.69, 9.17) is 16.9 Å². The lowest BCUT2D eigenvalue weighted by Crippen LogP contribution is -2.20. The van der Waals surface area contributed by atoms with Crippen LogP contribution in [0.1, 0.15) is 5.56 Å². The number of hydrogen-bond donors (Lipinski definition) is 0. The molecular weight excluding hydrogens is 257 g/mol. The highest BCUT2D eigenvalue weighted by atomic mass is 35.5. The lowest BCUT2D eigenvalue weighted by atomic mass is 10.1. The summed E-state index contributed by atoms with van der Waals surface area (Å²) in [7, 11) is 1.50. The molecule has 0 saturated carbocycles. The zero-order chi connectivity index (χ0) is 13.3. The first kappa shape index (κ1) is 12.3. The summed E-state index contributed by atoms with van der Waals surface area (Å²) in [5.41, 5.74) is 0.349. The minimum absolute atomic E-state index is 0.0844. The van der Waals surface area contributed by atoms with Crippen molar-refractivity contribution in [2.75, 3.05) is 0 Å². The Kier molecular flexibility index (Phi) is 3.13. The van der Waals surface area contributed by atoms with Gasteiger partial charge >= 0.3 is 5.69 Å². The molecule has 4 nitrogen and oxygen atoms in total. The fourth-order valence-corrected chi connectivity index (χ4v) is 1.67. The van der Waals surface area contributed by atoms with Crippen LogP contribution in [0.15, 0.2) is 29.2 Å². The van der Waals surface area contributed by atoms with E-state index >= 15 is 0 Å². The van der Waals surface area contributed by atoms with Crippen molar-refractivity contribution in [2.45, 2.75) is 0 Å². The lowest BCUT2D eigenvalue weighted by molar-refractivity contribution is 0.628. The van der Waals surface area contributed by atoms with Gasteiger partial charge in [0, 0.05) is 18.8 Å². The summed E-state index contributed by atoms with van der Waals surface area (Å²) in [5.74, 6) is -0.567. The van der Waals surface area contributed by atoms with E-state index in [1.54, 1.807) is 0 Å². The summed E-state index contributed by atoms with van der Waals surface area (Å²) in [4.78, 5) is 15.3. The molecule has 0 radical (unpaired) electrons. The summed E-state index contributed by atoms with van der Waals surface area (Å²) in [5, 5.41) is 8.92. The molecule has 0 aliphatic heterocycles. The van der Waals surface area contributed by atoms with E-state index in [1.165, 1.54) is 29.9 Å². The Morgan fingerprint density at radius 3 is 2.83 bits per heavy atom. The molecule has 0 aliphatic rings. The van der Waals surface area contributed by atoms with Gasteiger partial charge in [0.25, 0.3) is 0 Å². The third-order valence-corrected chi connectivity index (χ3v) is 2.69. The number of nitriles is 1. The highest BCUT2D eigenvalue weighted by Crippen LogP contribution is 2.24. The van der Waals surface area contributed by atoms with Crippen LogP contribution in [0.4, 0.5) is 4.39 Å². The molecule has 0 N–H and O–H groups in total. The van der Waals surface area contributed by atoms with Crippen LogP contribution in [0.3, 0.4) is 0 Å². The molecule has 1 aromatic heterocycles. The summed E-state index contributed by atoms with van der Waals surface area (Å²) in [6.07, 6.45) is 1.38. The minimum Gasteiger partial charge on any atom is -0.301 e. The maximum Gasteiger partial charge on any atom is 0.347 e. The van der Waals surface area contributed by atoms with Crippen LogP contribution in [-0.2, 0) is 7.05 Å². The van der Waals surface area contributed by atoms with Gasteiger partial charge in [-0.25, -0.2) is 9.18 Å². The van der Waals surface area contributed by atoms with Gasteiger partial charge in [0.2, 0.25) is 0 Å². The Hall–Kier alpha value is -2.19. The number of nitrogens with zero attached hydrogens (tertiary/aromatic N) is 3. The normalized spacial score (nSPS) is 10.1. The number of aryl methyl sites for hydroxylation is 1. The molecule has 0 bridgehead atoms. The molecule has 2 aromatic rings.